The van der Waals surface area contributed by atoms with Gasteiger partial charge in [0.05, 0.1) is 17.0 Å². The van der Waals surface area contributed by atoms with Crippen molar-refractivity contribution in [3.05, 3.63) is 71.3 Å². The van der Waals surface area contributed by atoms with Crippen LogP contribution in [0.25, 0.3) is 10.3 Å². The molecule has 0 saturated carbocycles. The van der Waals surface area contributed by atoms with Crippen LogP contribution in [0.1, 0.15) is 35.3 Å². The van der Waals surface area contributed by atoms with Crippen LogP contribution in [0, 0.1) is 11.3 Å². The van der Waals surface area contributed by atoms with Crippen molar-refractivity contribution < 1.29 is 27.5 Å². The topological polar surface area (TPSA) is 117 Å². The van der Waals surface area contributed by atoms with Crippen molar-refractivity contribution in [2.75, 3.05) is 16.5 Å². The number of nitriles is 1. The molecule has 0 aliphatic rings. The minimum Gasteiger partial charge on any atom is -0.438 e. The molecule has 0 aliphatic carbocycles. The average Bonchev–Trinajstić information content (AvgIpc) is 3.29. The summed E-state index contributed by atoms with van der Waals surface area (Å²) in [6.45, 7) is 3.41. The number of ether oxygens (including phenoxy) is 1. The molecule has 2 aromatic carbocycles. The van der Waals surface area contributed by atoms with Gasteiger partial charge in [-0.1, -0.05) is 23.5 Å². The van der Waals surface area contributed by atoms with Gasteiger partial charge in [-0.3, -0.25) is 9.59 Å². The zero-order valence-corrected chi connectivity index (χ0v) is 22.0. The van der Waals surface area contributed by atoms with Crippen LogP contribution in [0.2, 0.25) is 0 Å². The predicted molar refractivity (Wildman–Crippen MR) is 141 cm³/mol. The molecule has 200 valence electrons. The van der Waals surface area contributed by atoms with E-state index in [9.17, 15) is 28.0 Å². The van der Waals surface area contributed by atoms with Crippen molar-refractivity contribution in [3.8, 4) is 17.7 Å². The third-order valence-electron chi connectivity index (χ3n) is 5.48. The maximum absolute atomic E-state index is 13.7. The summed E-state index contributed by atoms with van der Waals surface area (Å²) in [5.74, 6) is -2.05. The van der Waals surface area contributed by atoms with Gasteiger partial charge in [-0.2, -0.15) is 18.4 Å². The molecule has 0 atom stereocenters. The number of benzene rings is 2. The highest BCUT2D eigenvalue weighted by molar-refractivity contribution is 7.22. The normalized spacial score (nSPS) is 11.6. The number of halogens is 4. The molecule has 4 rings (SSSR count). The van der Waals surface area contributed by atoms with Gasteiger partial charge in [-0.05, 0) is 49.7 Å². The fraction of sp³-hybridized carbons (Fsp3) is 0.192. The zero-order chi connectivity index (χ0) is 28.4. The number of fused-ring (bicyclic) bond motifs is 1. The van der Waals surface area contributed by atoms with Crippen molar-refractivity contribution in [3.63, 3.8) is 0 Å². The maximum Gasteiger partial charge on any atom is 0.419 e. The van der Waals surface area contributed by atoms with Gasteiger partial charge in [0.25, 0.3) is 5.91 Å². The summed E-state index contributed by atoms with van der Waals surface area (Å²) in [4.78, 5) is 33.0. The quantitative estimate of drug-likeness (QED) is 0.237. The van der Waals surface area contributed by atoms with E-state index in [1.807, 2.05) is 0 Å². The van der Waals surface area contributed by atoms with Gasteiger partial charge in [0.2, 0.25) is 11.8 Å². The summed E-state index contributed by atoms with van der Waals surface area (Å²) in [7, 11) is 0. The Balaban J connectivity index is 1.62. The summed E-state index contributed by atoms with van der Waals surface area (Å²) in [5, 5.41) is 14.7. The third-order valence-corrected chi connectivity index (χ3v) is 6.61. The van der Waals surface area contributed by atoms with Crippen LogP contribution in [-0.2, 0) is 16.4 Å². The minimum absolute atomic E-state index is 0.0536. The number of amides is 2. The molecule has 4 aromatic rings. The molecule has 0 fully saturated rings. The summed E-state index contributed by atoms with van der Waals surface area (Å²) >= 11 is 6.47. The number of hydrogen-bond acceptors (Lipinski definition) is 7. The van der Waals surface area contributed by atoms with Gasteiger partial charge in [0, 0.05) is 23.4 Å². The van der Waals surface area contributed by atoms with Crippen molar-refractivity contribution in [1.29, 1.82) is 5.26 Å². The lowest BCUT2D eigenvalue weighted by molar-refractivity contribution is -0.138. The lowest BCUT2D eigenvalue weighted by atomic mass is 9.85. The molecule has 0 bridgehead atoms. The molecule has 0 aliphatic heterocycles. The van der Waals surface area contributed by atoms with Crippen LogP contribution in [0.5, 0.6) is 11.6 Å². The van der Waals surface area contributed by atoms with Crippen LogP contribution < -0.4 is 15.4 Å². The number of anilines is 2. The van der Waals surface area contributed by atoms with Gasteiger partial charge < -0.3 is 15.4 Å². The van der Waals surface area contributed by atoms with E-state index in [1.165, 1.54) is 18.2 Å². The smallest absolute Gasteiger partial charge is 0.419 e. The fourth-order valence-electron chi connectivity index (χ4n) is 3.41. The standard InChI is InChI=1S/C26H19ClF3N5O3S/c1-25(2,13-31)15-5-3-4-14(10-15)22(37)32-16-6-7-17(26(28,29)30)19(11-16)38-21-9-8-18-23(35-21)39-24(33-18)34-20(36)12-27/h3-11H,12H2,1-2H3,(H,32,37)(H,33,34,36). The third kappa shape index (κ3) is 6.45. The van der Waals surface area contributed by atoms with E-state index in [0.717, 1.165) is 29.5 Å². The Morgan fingerprint density at radius 3 is 2.54 bits per heavy atom. The maximum atomic E-state index is 13.7. The first-order valence-electron chi connectivity index (χ1n) is 11.3. The van der Waals surface area contributed by atoms with Gasteiger partial charge in [0.15, 0.2) is 5.13 Å². The summed E-state index contributed by atoms with van der Waals surface area (Å²) in [6.07, 6.45) is -4.75. The number of nitrogens with zero attached hydrogens (tertiary/aromatic N) is 3. The highest BCUT2D eigenvalue weighted by Crippen LogP contribution is 2.40. The van der Waals surface area contributed by atoms with Gasteiger partial charge in [0.1, 0.15) is 22.0 Å². The molecule has 39 heavy (non-hydrogen) atoms. The van der Waals surface area contributed by atoms with Crippen LogP contribution in [0.3, 0.4) is 0 Å². The highest BCUT2D eigenvalue weighted by atomic mass is 35.5. The van der Waals surface area contributed by atoms with Crippen LogP contribution in [0.15, 0.2) is 54.6 Å². The number of alkyl halides is 4. The number of thiazole rings is 1. The van der Waals surface area contributed by atoms with Crippen molar-refractivity contribution in [1.82, 2.24) is 9.97 Å². The highest BCUT2D eigenvalue weighted by Gasteiger charge is 2.35. The van der Waals surface area contributed by atoms with Crippen LogP contribution in [0.4, 0.5) is 24.0 Å². The number of rotatable bonds is 7. The summed E-state index contributed by atoms with van der Waals surface area (Å²) in [6, 6.07) is 14.4. The fourth-order valence-corrected chi connectivity index (χ4v) is 4.32. The molecule has 2 heterocycles. The summed E-state index contributed by atoms with van der Waals surface area (Å²) < 4.78 is 46.7. The van der Waals surface area contributed by atoms with Gasteiger partial charge in [-0.25, -0.2) is 9.97 Å². The lowest BCUT2D eigenvalue weighted by Crippen LogP contribution is -2.17. The lowest BCUT2D eigenvalue weighted by Gasteiger charge is -2.17. The molecule has 0 spiro atoms. The van der Waals surface area contributed by atoms with E-state index in [0.29, 0.717) is 15.9 Å². The molecule has 2 N–H and O–H groups in total. The second kappa shape index (κ2) is 10.9. The molecular weight excluding hydrogens is 555 g/mol. The summed E-state index contributed by atoms with van der Waals surface area (Å²) in [5.41, 5.74) is -0.612. The molecule has 8 nitrogen and oxygen atoms in total. The molecule has 0 saturated heterocycles. The minimum atomic E-state index is -4.75. The first-order chi connectivity index (χ1) is 18.4. The first kappa shape index (κ1) is 27.8. The van der Waals surface area contributed by atoms with E-state index in [1.54, 1.807) is 32.0 Å². The number of pyridine rings is 1. The van der Waals surface area contributed by atoms with Crippen molar-refractivity contribution in [2.45, 2.75) is 25.4 Å². The number of carbonyl (C=O) groups is 2. The van der Waals surface area contributed by atoms with Crippen molar-refractivity contribution in [2.24, 2.45) is 0 Å². The number of aromatic nitrogens is 2. The number of hydrogen-bond donors (Lipinski definition) is 2. The van der Waals surface area contributed by atoms with E-state index in [2.05, 4.69) is 26.7 Å². The Hall–Kier alpha value is -4.21. The van der Waals surface area contributed by atoms with Crippen LogP contribution >= 0.6 is 22.9 Å². The van der Waals surface area contributed by atoms with E-state index >= 15 is 0 Å². The Labute approximate surface area is 229 Å². The Bertz CT molecular complexity index is 1610. The average molecular weight is 574 g/mol. The van der Waals surface area contributed by atoms with E-state index < -0.39 is 34.7 Å². The second-order valence-electron chi connectivity index (χ2n) is 8.76. The molecule has 13 heteroatoms. The van der Waals surface area contributed by atoms with Gasteiger partial charge >= 0.3 is 6.18 Å². The first-order valence-corrected chi connectivity index (χ1v) is 12.6. The van der Waals surface area contributed by atoms with Crippen molar-refractivity contribution >= 4 is 55.9 Å². The number of nitrogens with one attached hydrogen (secondary N) is 2. The molecule has 0 radical (unpaired) electrons. The molecule has 2 amide bonds. The molecular formula is C26H19ClF3N5O3S. The van der Waals surface area contributed by atoms with E-state index in [4.69, 9.17) is 16.3 Å². The Kier molecular flexibility index (Phi) is 7.76. The molecule has 2 aromatic heterocycles. The molecule has 0 unspecified atom stereocenters. The van der Waals surface area contributed by atoms with Crippen LogP contribution in [-0.4, -0.2) is 27.7 Å². The SMILES string of the molecule is CC(C)(C#N)c1cccc(C(=O)Nc2ccc(C(F)(F)F)c(Oc3ccc4nc(NC(=O)CCl)sc4n3)c2)c1. The predicted octanol–water partition coefficient (Wildman–Crippen LogP) is 6.73. The Morgan fingerprint density at radius 2 is 1.85 bits per heavy atom. The number of carbonyl (C=O) groups excluding carboxylic acids is 2. The largest absolute Gasteiger partial charge is 0.438 e. The zero-order valence-electron chi connectivity index (χ0n) is 20.4. The second-order valence-corrected chi connectivity index (χ2v) is 10.0. The Morgan fingerprint density at radius 1 is 1.08 bits per heavy atom. The van der Waals surface area contributed by atoms with E-state index in [-0.39, 0.29) is 28.1 Å². The monoisotopic (exact) mass is 573 g/mol. The van der Waals surface area contributed by atoms with Gasteiger partial charge in [-0.15, -0.1) is 11.6 Å².